The van der Waals surface area contributed by atoms with Crippen LogP contribution in [0.25, 0.3) is 0 Å². The third-order valence-corrected chi connectivity index (χ3v) is 6.11. The normalized spacial score (nSPS) is 25.9. The number of amidine groups is 1. The molecule has 31 heavy (non-hydrogen) atoms. The lowest BCUT2D eigenvalue weighted by Crippen LogP contribution is -2.52. The van der Waals surface area contributed by atoms with E-state index in [1.807, 2.05) is 0 Å². The Balaban J connectivity index is 2.00. The summed E-state index contributed by atoms with van der Waals surface area (Å²) in [5, 5.41) is 14.2. The van der Waals surface area contributed by atoms with Crippen molar-refractivity contribution in [2.24, 2.45) is 10.9 Å². The van der Waals surface area contributed by atoms with Gasteiger partial charge in [0.1, 0.15) is 17.0 Å². The molecule has 0 aromatic heterocycles. The van der Waals surface area contributed by atoms with Crippen LogP contribution < -0.4 is 5.32 Å². The van der Waals surface area contributed by atoms with Crippen molar-refractivity contribution >= 4 is 28.7 Å². The van der Waals surface area contributed by atoms with Crippen LogP contribution in [0.4, 0.5) is 14.9 Å². The highest BCUT2D eigenvalue weighted by Gasteiger charge is 2.50. The summed E-state index contributed by atoms with van der Waals surface area (Å²) in [6, 6.07) is 3.38. The number of alkyl carbamates (subject to hydrolysis) is 1. The molecule has 0 bridgehead atoms. The SMILES string of the molecule is COC[C@H]1C[C@H]2CSC(NC(=O)OC(C)(C)C)=N[C@@]2(c2cc([N+](=O)[O-])ccc2F)CO1. The zero-order chi connectivity index (χ0) is 22.8. The van der Waals surface area contributed by atoms with Gasteiger partial charge in [0.15, 0.2) is 5.17 Å². The molecule has 2 aliphatic rings. The summed E-state index contributed by atoms with van der Waals surface area (Å²) < 4.78 is 31.3. The molecule has 9 nitrogen and oxygen atoms in total. The van der Waals surface area contributed by atoms with Gasteiger partial charge in [-0.15, -0.1) is 0 Å². The van der Waals surface area contributed by atoms with Crippen molar-refractivity contribution in [3.05, 3.63) is 39.7 Å². The number of ether oxygens (including phenoxy) is 3. The summed E-state index contributed by atoms with van der Waals surface area (Å²) in [5.41, 5.74) is -2.07. The fraction of sp³-hybridized carbons (Fsp3) is 0.600. The van der Waals surface area contributed by atoms with Crippen LogP contribution in [0.15, 0.2) is 23.2 Å². The minimum Gasteiger partial charge on any atom is -0.444 e. The maximum Gasteiger partial charge on any atom is 0.413 e. The van der Waals surface area contributed by atoms with E-state index in [1.165, 1.54) is 17.8 Å². The van der Waals surface area contributed by atoms with Crippen molar-refractivity contribution in [2.45, 2.75) is 44.4 Å². The lowest BCUT2D eigenvalue weighted by Gasteiger charge is -2.46. The molecule has 1 aromatic carbocycles. The fourth-order valence-corrected chi connectivity index (χ4v) is 4.89. The fourth-order valence-electron chi connectivity index (χ4n) is 3.74. The topological polar surface area (TPSA) is 112 Å². The van der Waals surface area contributed by atoms with Crippen molar-refractivity contribution in [3.63, 3.8) is 0 Å². The first-order valence-corrected chi connectivity index (χ1v) is 10.8. The molecule has 3 atom stereocenters. The van der Waals surface area contributed by atoms with Gasteiger partial charge in [0.2, 0.25) is 0 Å². The Labute approximate surface area is 183 Å². The summed E-state index contributed by atoms with van der Waals surface area (Å²) in [6.07, 6.45) is -0.339. The van der Waals surface area contributed by atoms with Crippen molar-refractivity contribution in [1.82, 2.24) is 5.32 Å². The van der Waals surface area contributed by atoms with Crippen LogP contribution in [-0.2, 0) is 19.7 Å². The van der Waals surface area contributed by atoms with Gasteiger partial charge >= 0.3 is 6.09 Å². The lowest BCUT2D eigenvalue weighted by molar-refractivity contribution is -0.385. The summed E-state index contributed by atoms with van der Waals surface area (Å²) in [4.78, 5) is 27.6. The number of carbonyl (C=O) groups is 1. The Bertz CT molecular complexity index is 890. The molecule has 170 valence electrons. The number of benzene rings is 1. The standard InChI is InChI=1S/C20H26FN3O6S/c1-19(2,3)30-18(25)22-17-23-20(15-8-13(24(26)27)5-6-16(15)21)11-29-14(9-28-4)7-12(20)10-31-17/h5-6,8,12,14H,7,9-11H2,1-4H3,(H,22,23,25)/t12-,14+,20-/m0/s1. The number of methoxy groups -OCH3 is 1. The second-order valence-electron chi connectivity index (χ2n) is 8.52. The minimum atomic E-state index is -1.21. The summed E-state index contributed by atoms with van der Waals surface area (Å²) in [5.74, 6) is -0.274. The quantitative estimate of drug-likeness (QED) is 0.545. The largest absolute Gasteiger partial charge is 0.444 e. The highest BCUT2D eigenvalue weighted by Crippen LogP contribution is 2.47. The van der Waals surface area contributed by atoms with Crippen molar-refractivity contribution < 1.29 is 28.3 Å². The number of fused-ring (bicyclic) bond motifs is 1. The Morgan fingerprint density at radius 1 is 1.48 bits per heavy atom. The van der Waals surface area contributed by atoms with E-state index in [0.717, 1.165) is 12.1 Å². The minimum absolute atomic E-state index is 0.00381. The summed E-state index contributed by atoms with van der Waals surface area (Å²) in [7, 11) is 1.57. The molecule has 0 saturated carbocycles. The van der Waals surface area contributed by atoms with Crippen molar-refractivity contribution in [1.29, 1.82) is 0 Å². The second kappa shape index (κ2) is 9.09. The van der Waals surface area contributed by atoms with Gasteiger partial charge < -0.3 is 14.2 Å². The van der Waals surface area contributed by atoms with E-state index in [9.17, 15) is 19.3 Å². The molecule has 0 unspecified atom stereocenters. The molecule has 1 N–H and O–H groups in total. The van der Waals surface area contributed by atoms with Gasteiger partial charge in [-0.05, 0) is 33.3 Å². The van der Waals surface area contributed by atoms with Crippen molar-refractivity contribution in [3.8, 4) is 0 Å². The molecule has 0 radical (unpaired) electrons. The number of hydrogen-bond acceptors (Lipinski definition) is 8. The Kier molecular flexibility index (Phi) is 6.87. The zero-order valence-corrected chi connectivity index (χ0v) is 18.7. The number of rotatable bonds is 4. The molecule has 1 saturated heterocycles. The first-order chi connectivity index (χ1) is 14.5. The number of hydrogen-bond donors (Lipinski definition) is 1. The summed E-state index contributed by atoms with van der Waals surface area (Å²) >= 11 is 1.32. The summed E-state index contributed by atoms with van der Waals surface area (Å²) in [6.45, 7) is 5.60. The number of carbonyl (C=O) groups excluding carboxylic acids is 1. The van der Waals surface area contributed by atoms with Crippen LogP contribution in [0.5, 0.6) is 0 Å². The highest BCUT2D eigenvalue weighted by atomic mass is 32.2. The molecular weight excluding hydrogens is 429 g/mol. The molecule has 0 aliphatic carbocycles. The maximum atomic E-state index is 14.9. The Hall–Kier alpha value is -2.24. The number of nitrogens with zero attached hydrogens (tertiary/aromatic N) is 2. The zero-order valence-electron chi connectivity index (χ0n) is 17.8. The van der Waals surface area contributed by atoms with Gasteiger partial charge in [-0.2, -0.15) is 0 Å². The number of amides is 1. The number of nitro benzene ring substituents is 1. The molecule has 3 rings (SSSR count). The molecule has 1 aromatic rings. The van der Waals surface area contributed by atoms with Crippen LogP contribution in [0.1, 0.15) is 32.8 Å². The first kappa shape index (κ1) is 23.4. The Morgan fingerprint density at radius 3 is 2.87 bits per heavy atom. The van der Waals surface area contributed by atoms with E-state index in [0.29, 0.717) is 18.8 Å². The molecule has 1 fully saturated rings. The van der Waals surface area contributed by atoms with Crippen LogP contribution in [-0.4, -0.2) is 54.0 Å². The van der Waals surface area contributed by atoms with E-state index in [-0.39, 0.29) is 35.0 Å². The predicted molar refractivity (Wildman–Crippen MR) is 114 cm³/mol. The monoisotopic (exact) mass is 455 g/mol. The maximum absolute atomic E-state index is 14.9. The highest BCUT2D eigenvalue weighted by molar-refractivity contribution is 8.13. The third kappa shape index (κ3) is 5.34. The van der Waals surface area contributed by atoms with E-state index < -0.39 is 28.0 Å². The van der Waals surface area contributed by atoms with Gasteiger partial charge in [-0.25, -0.2) is 14.2 Å². The Morgan fingerprint density at radius 2 is 2.23 bits per heavy atom. The van der Waals surface area contributed by atoms with Crippen LogP contribution in [0.2, 0.25) is 0 Å². The average Bonchev–Trinajstić information content (AvgIpc) is 2.67. The first-order valence-electron chi connectivity index (χ1n) is 9.81. The lowest BCUT2D eigenvalue weighted by atomic mass is 9.75. The molecule has 2 heterocycles. The molecule has 0 spiro atoms. The van der Waals surface area contributed by atoms with E-state index in [2.05, 4.69) is 10.3 Å². The van der Waals surface area contributed by atoms with E-state index in [4.69, 9.17) is 14.2 Å². The van der Waals surface area contributed by atoms with Gasteiger partial charge in [0, 0.05) is 36.5 Å². The van der Waals surface area contributed by atoms with Crippen LogP contribution >= 0.6 is 11.8 Å². The van der Waals surface area contributed by atoms with Crippen LogP contribution in [0, 0.1) is 21.8 Å². The van der Waals surface area contributed by atoms with E-state index in [1.54, 1.807) is 27.9 Å². The van der Waals surface area contributed by atoms with Gasteiger partial charge in [0.25, 0.3) is 5.69 Å². The van der Waals surface area contributed by atoms with Gasteiger partial charge in [0.05, 0.1) is 24.2 Å². The third-order valence-electron chi connectivity index (χ3n) is 5.07. The predicted octanol–water partition coefficient (Wildman–Crippen LogP) is 3.61. The number of thioether (sulfide) groups is 1. The molecule has 11 heteroatoms. The number of non-ortho nitro benzene ring substituents is 1. The molecule has 2 aliphatic heterocycles. The number of nitrogens with one attached hydrogen (secondary N) is 1. The van der Waals surface area contributed by atoms with Crippen LogP contribution in [0.3, 0.4) is 0 Å². The number of halogens is 1. The van der Waals surface area contributed by atoms with Gasteiger partial charge in [-0.1, -0.05) is 11.8 Å². The van der Waals surface area contributed by atoms with Crippen molar-refractivity contribution in [2.75, 3.05) is 26.1 Å². The second-order valence-corrected chi connectivity index (χ2v) is 9.53. The average molecular weight is 456 g/mol. The molecule has 1 amide bonds. The van der Waals surface area contributed by atoms with Gasteiger partial charge in [-0.3, -0.25) is 15.4 Å². The smallest absolute Gasteiger partial charge is 0.413 e. The number of aliphatic imine (C=N–C) groups is 1. The number of nitro groups is 1. The molecular formula is C20H26FN3O6S. The van der Waals surface area contributed by atoms with E-state index >= 15 is 0 Å².